The van der Waals surface area contributed by atoms with Gasteiger partial charge in [-0.1, -0.05) is 12.1 Å². The number of hydrogen-bond donors (Lipinski definition) is 2. The Labute approximate surface area is 159 Å². The van der Waals surface area contributed by atoms with Crippen molar-refractivity contribution in [1.82, 2.24) is 9.97 Å². The molecule has 0 unspecified atom stereocenters. The van der Waals surface area contributed by atoms with Crippen LogP contribution in [-0.4, -0.2) is 15.9 Å². The van der Waals surface area contributed by atoms with Gasteiger partial charge >= 0.3 is 6.18 Å². The van der Waals surface area contributed by atoms with Gasteiger partial charge in [0, 0.05) is 11.4 Å². The van der Waals surface area contributed by atoms with Crippen LogP contribution in [0.5, 0.6) is 0 Å². The number of benzene rings is 2. The van der Waals surface area contributed by atoms with Gasteiger partial charge in [-0.25, -0.2) is 9.97 Å². The van der Waals surface area contributed by atoms with E-state index in [0.29, 0.717) is 5.69 Å². The van der Waals surface area contributed by atoms with E-state index in [9.17, 15) is 18.0 Å². The summed E-state index contributed by atoms with van der Waals surface area (Å²) in [5.74, 6) is -0.203. The third-order valence-corrected chi connectivity index (χ3v) is 3.83. The van der Waals surface area contributed by atoms with Crippen LogP contribution in [-0.2, 0) is 6.18 Å². The van der Waals surface area contributed by atoms with Crippen LogP contribution in [0.2, 0.25) is 0 Å². The smallest absolute Gasteiger partial charge is 0.339 e. The van der Waals surface area contributed by atoms with Gasteiger partial charge in [0.15, 0.2) is 0 Å². The van der Waals surface area contributed by atoms with Crippen molar-refractivity contribution >= 4 is 23.1 Å². The standard InChI is InChI=1S/C20H17F3N4O/c1-12-6-13(2)8-16(7-12)27-19(28)17-10-25-18(11-24-17)26-15-5-3-4-14(9-15)20(21,22)23/h3-11H,1-2H3,(H,25,26)(H,27,28). The molecule has 0 fully saturated rings. The second kappa shape index (κ2) is 7.67. The molecule has 2 aromatic carbocycles. The van der Waals surface area contributed by atoms with Gasteiger partial charge in [-0.3, -0.25) is 4.79 Å². The molecular formula is C20H17F3N4O. The SMILES string of the molecule is Cc1cc(C)cc(NC(=O)c2cnc(Nc3cccc(C(F)(F)F)c3)cn2)c1. The summed E-state index contributed by atoms with van der Waals surface area (Å²) in [4.78, 5) is 20.4. The highest BCUT2D eigenvalue weighted by Crippen LogP contribution is 2.31. The Bertz CT molecular complexity index is 981. The molecule has 0 radical (unpaired) electrons. The van der Waals surface area contributed by atoms with E-state index < -0.39 is 17.6 Å². The first-order valence-corrected chi connectivity index (χ1v) is 8.37. The number of hydrogen-bond acceptors (Lipinski definition) is 4. The molecule has 2 N–H and O–H groups in total. The lowest BCUT2D eigenvalue weighted by Crippen LogP contribution is -2.14. The second-order valence-electron chi connectivity index (χ2n) is 6.32. The molecule has 0 aliphatic rings. The third kappa shape index (κ3) is 4.85. The van der Waals surface area contributed by atoms with Crippen molar-refractivity contribution in [3.63, 3.8) is 0 Å². The summed E-state index contributed by atoms with van der Waals surface area (Å²) in [6, 6.07) is 10.4. The first-order valence-electron chi connectivity index (χ1n) is 8.37. The fourth-order valence-corrected chi connectivity index (χ4v) is 2.67. The molecule has 1 heterocycles. The van der Waals surface area contributed by atoms with E-state index in [4.69, 9.17) is 0 Å². The predicted octanol–water partition coefficient (Wildman–Crippen LogP) is 5.11. The van der Waals surface area contributed by atoms with Crippen molar-refractivity contribution in [3.05, 3.63) is 77.2 Å². The Morgan fingerprint density at radius 3 is 2.25 bits per heavy atom. The molecule has 0 spiro atoms. The Balaban J connectivity index is 1.70. The normalized spacial score (nSPS) is 11.2. The Kier molecular flexibility index (Phi) is 5.30. The van der Waals surface area contributed by atoms with Crippen LogP contribution in [0.3, 0.4) is 0 Å². The number of alkyl halides is 3. The van der Waals surface area contributed by atoms with Crippen molar-refractivity contribution in [2.45, 2.75) is 20.0 Å². The van der Waals surface area contributed by atoms with Crippen LogP contribution < -0.4 is 10.6 Å². The van der Waals surface area contributed by atoms with Gasteiger partial charge in [-0.2, -0.15) is 13.2 Å². The highest BCUT2D eigenvalue weighted by Gasteiger charge is 2.30. The van der Waals surface area contributed by atoms with Crippen LogP contribution in [0.15, 0.2) is 54.9 Å². The fourth-order valence-electron chi connectivity index (χ4n) is 2.67. The molecule has 1 aromatic heterocycles. The maximum atomic E-state index is 12.8. The molecule has 1 amide bonds. The van der Waals surface area contributed by atoms with E-state index in [-0.39, 0.29) is 17.2 Å². The summed E-state index contributed by atoms with van der Waals surface area (Å²) < 4.78 is 38.3. The summed E-state index contributed by atoms with van der Waals surface area (Å²) >= 11 is 0. The predicted molar refractivity (Wildman–Crippen MR) is 101 cm³/mol. The van der Waals surface area contributed by atoms with Crippen molar-refractivity contribution < 1.29 is 18.0 Å². The van der Waals surface area contributed by atoms with E-state index in [0.717, 1.165) is 23.3 Å². The lowest BCUT2D eigenvalue weighted by molar-refractivity contribution is -0.137. The minimum absolute atomic E-state index is 0.0914. The number of nitrogens with one attached hydrogen (secondary N) is 2. The summed E-state index contributed by atoms with van der Waals surface area (Å²) in [7, 11) is 0. The summed E-state index contributed by atoms with van der Waals surface area (Å²) in [5.41, 5.74) is 2.22. The quantitative estimate of drug-likeness (QED) is 0.654. The summed E-state index contributed by atoms with van der Waals surface area (Å²) in [6.07, 6.45) is -1.88. The minimum Gasteiger partial charge on any atom is -0.339 e. The number of rotatable bonds is 4. The van der Waals surface area contributed by atoms with E-state index in [1.165, 1.54) is 24.5 Å². The van der Waals surface area contributed by atoms with Gasteiger partial charge in [-0.05, 0) is 55.3 Å². The first-order chi connectivity index (χ1) is 13.2. The number of anilines is 3. The van der Waals surface area contributed by atoms with Gasteiger partial charge in [0.2, 0.25) is 0 Å². The monoisotopic (exact) mass is 386 g/mol. The number of carbonyl (C=O) groups is 1. The van der Waals surface area contributed by atoms with Gasteiger partial charge < -0.3 is 10.6 Å². The number of aromatic nitrogens is 2. The van der Waals surface area contributed by atoms with Crippen molar-refractivity contribution in [2.75, 3.05) is 10.6 Å². The van der Waals surface area contributed by atoms with Gasteiger partial charge in [0.05, 0.1) is 18.0 Å². The molecule has 3 aromatic rings. The van der Waals surface area contributed by atoms with Gasteiger partial charge in [-0.15, -0.1) is 0 Å². The molecule has 0 bridgehead atoms. The second-order valence-corrected chi connectivity index (χ2v) is 6.32. The van der Waals surface area contributed by atoms with Gasteiger partial charge in [0.1, 0.15) is 11.5 Å². The lowest BCUT2D eigenvalue weighted by Gasteiger charge is -2.10. The highest BCUT2D eigenvalue weighted by atomic mass is 19.4. The molecule has 28 heavy (non-hydrogen) atoms. The zero-order valence-corrected chi connectivity index (χ0v) is 15.1. The minimum atomic E-state index is -4.43. The average molecular weight is 386 g/mol. The molecule has 144 valence electrons. The van der Waals surface area contributed by atoms with E-state index in [1.54, 1.807) is 0 Å². The number of halogens is 3. The zero-order chi connectivity index (χ0) is 20.3. The molecule has 0 saturated heterocycles. The average Bonchev–Trinajstić information content (AvgIpc) is 2.61. The molecular weight excluding hydrogens is 369 g/mol. The number of carbonyl (C=O) groups excluding carboxylic acids is 1. The molecule has 0 aliphatic carbocycles. The van der Waals surface area contributed by atoms with Crippen LogP contribution in [0, 0.1) is 13.8 Å². The molecule has 3 rings (SSSR count). The zero-order valence-electron chi connectivity index (χ0n) is 15.1. The molecule has 0 saturated carbocycles. The Morgan fingerprint density at radius 2 is 1.64 bits per heavy atom. The Hall–Kier alpha value is -3.42. The summed E-state index contributed by atoms with van der Waals surface area (Å²) in [6.45, 7) is 3.85. The van der Waals surface area contributed by atoms with E-state index in [2.05, 4.69) is 20.6 Å². The Morgan fingerprint density at radius 1 is 0.929 bits per heavy atom. The maximum Gasteiger partial charge on any atom is 0.416 e. The number of amides is 1. The van der Waals surface area contributed by atoms with E-state index >= 15 is 0 Å². The topological polar surface area (TPSA) is 66.9 Å². The molecule has 8 heteroatoms. The van der Waals surface area contributed by atoms with Crippen LogP contribution in [0.4, 0.5) is 30.4 Å². The third-order valence-electron chi connectivity index (χ3n) is 3.83. The molecule has 5 nitrogen and oxygen atoms in total. The van der Waals surface area contributed by atoms with Crippen molar-refractivity contribution in [3.8, 4) is 0 Å². The number of aryl methyl sites for hydroxylation is 2. The first kappa shape index (κ1) is 19.3. The largest absolute Gasteiger partial charge is 0.416 e. The van der Waals surface area contributed by atoms with Crippen molar-refractivity contribution in [1.29, 1.82) is 0 Å². The fraction of sp³-hybridized carbons (Fsp3) is 0.150. The van der Waals surface area contributed by atoms with Crippen LogP contribution >= 0.6 is 0 Å². The molecule has 0 aliphatic heterocycles. The van der Waals surface area contributed by atoms with Crippen LogP contribution in [0.25, 0.3) is 0 Å². The van der Waals surface area contributed by atoms with Gasteiger partial charge in [0.25, 0.3) is 5.91 Å². The lowest BCUT2D eigenvalue weighted by atomic mass is 10.1. The summed E-state index contributed by atoms with van der Waals surface area (Å²) in [5, 5.41) is 5.49. The highest BCUT2D eigenvalue weighted by molar-refractivity contribution is 6.02. The van der Waals surface area contributed by atoms with Crippen molar-refractivity contribution in [2.24, 2.45) is 0 Å². The van der Waals surface area contributed by atoms with Crippen LogP contribution in [0.1, 0.15) is 27.2 Å². The maximum absolute atomic E-state index is 12.8. The molecule has 0 atom stereocenters. The van der Waals surface area contributed by atoms with E-state index in [1.807, 2.05) is 32.0 Å². The number of nitrogens with zero attached hydrogens (tertiary/aromatic N) is 2.